The van der Waals surface area contributed by atoms with Crippen LogP contribution >= 0.6 is 23.2 Å². The lowest BCUT2D eigenvalue weighted by Gasteiger charge is -2.18. The van der Waals surface area contributed by atoms with Crippen molar-refractivity contribution in [3.05, 3.63) is 68.7 Å². The van der Waals surface area contributed by atoms with E-state index in [0.29, 0.717) is 23.3 Å². The Bertz CT molecular complexity index is 646. The van der Waals surface area contributed by atoms with E-state index in [9.17, 15) is 0 Å². The number of nitrogens with one attached hydrogen (secondary N) is 1. The van der Waals surface area contributed by atoms with Gasteiger partial charge in [-0.2, -0.15) is 0 Å². The molecule has 104 valence electrons. The number of fused-ring (bicyclic) bond motifs is 1. The van der Waals surface area contributed by atoms with Crippen molar-refractivity contribution in [2.45, 2.75) is 19.3 Å². The molecule has 0 saturated heterocycles. The highest BCUT2D eigenvalue weighted by Gasteiger charge is 2.17. The van der Waals surface area contributed by atoms with Crippen LogP contribution in [-0.2, 0) is 18.0 Å². The standard InChI is InChI=1S/C15H14Cl2N2O/c16-13-4-3-10(6-14(13)17)15(19-18)9-1-2-11-7-20-8-12(11)5-9/h1-6,15,19H,7-8,18H2. The molecule has 0 spiro atoms. The van der Waals surface area contributed by atoms with E-state index < -0.39 is 0 Å². The molecule has 20 heavy (non-hydrogen) atoms. The van der Waals surface area contributed by atoms with Gasteiger partial charge in [-0.15, -0.1) is 0 Å². The Kier molecular flexibility index (Phi) is 3.96. The average Bonchev–Trinajstić information content (AvgIpc) is 2.91. The Morgan fingerprint density at radius 3 is 2.40 bits per heavy atom. The lowest BCUT2D eigenvalue weighted by atomic mass is 9.96. The van der Waals surface area contributed by atoms with Crippen LogP contribution in [0.1, 0.15) is 28.3 Å². The van der Waals surface area contributed by atoms with Crippen molar-refractivity contribution in [1.82, 2.24) is 5.43 Å². The Labute approximate surface area is 127 Å². The summed E-state index contributed by atoms with van der Waals surface area (Å²) in [5, 5.41) is 1.06. The van der Waals surface area contributed by atoms with Gasteiger partial charge in [0.05, 0.1) is 29.3 Å². The first-order valence-electron chi connectivity index (χ1n) is 6.29. The second-order valence-electron chi connectivity index (χ2n) is 4.79. The van der Waals surface area contributed by atoms with Crippen LogP contribution < -0.4 is 11.3 Å². The number of nitrogens with two attached hydrogens (primary N) is 1. The number of ether oxygens (including phenoxy) is 1. The molecule has 2 aromatic rings. The Morgan fingerprint density at radius 1 is 0.950 bits per heavy atom. The molecule has 0 amide bonds. The quantitative estimate of drug-likeness (QED) is 0.673. The van der Waals surface area contributed by atoms with Gasteiger partial charge < -0.3 is 4.74 Å². The maximum absolute atomic E-state index is 6.08. The molecule has 0 radical (unpaired) electrons. The van der Waals surface area contributed by atoms with Gasteiger partial charge >= 0.3 is 0 Å². The third kappa shape index (κ3) is 2.55. The van der Waals surface area contributed by atoms with Crippen LogP contribution in [0.5, 0.6) is 0 Å². The monoisotopic (exact) mass is 308 g/mol. The zero-order chi connectivity index (χ0) is 14.1. The van der Waals surface area contributed by atoms with Gasteiger partial charge in [-0.1, -0.05) is 47.5 Å². The normalized spacial score (nSPS) is 15.2. The summed E-state index contributed by atoms with van der Waals surface area (Å²) in [6, 6.07) is 11.7. The molecule has 3 N–H and O–H groups in total. The number of benzene rings is 2. The summed E-state index contributed by atoms with van der Waals surface area (Å²) in [6.45, 7) is 1.34. The van der Waals surface area contributed by atoms with Crippen molar-refractivity contribution in [3.8, 4) is 0 Å². The van der Waals surface area contributed by atoms with Crippen LogP contribution in [0.15, 0.2) is 36.4 Å². The van der Waals surface area contributed by atoms with E-state index in [2.05, 4.69) is 23.6 Å². The van der Waals surface area contributed by atoms with Gasteiger partial charge in [0.15, 0.2) is 0 Å². The fraction of sp³-hybridized carbons (Fsp3) is 0.200. The minimum absolute atomic E-state index is 0.129. The molecular weight excluding hydrogens is 295 g/mol. The van der Waals surface area contributed by atoms with Crippen LogP contribution in [-0.4, -0.2) is 0 Å². The molecule has 5 heteroatoms. The second-order valence-corrected chi connectivity index (χ2v) is 5.61. The van der Waals surface area contributed by atoms with Gasteiger partial charge in [0, 0.05) is 0 Å². The fourth-order valence-corrected chi connectivity index (χ4v) is 2.75. The van der Waals surface area contributed by atoms with Crippen LogP contribution in [0.2, 0.25) is 10.0 Å². The van der Waals surface area contributed by atoms with Gasteiger partial charge in [0.2, 0.25) is 0 Å². The van der Waals surface area contributed by atoms with E-state index in [1.807, 2.05) is 12.1 Å². The van der Waals surface area contributed by atoms with Crippen molar-refractivity contribution < 1.29 is 4.74 Å². The summed E-state index contributed by atoms with van der Waals surface area (Å²) in [5.74, 6) is 5.71. The zero-order valence-electron chi connectivity index (χ0n) is 10.7. The van der Waals surface area contributed by atoms with E-state index in [4.69, 9.17) is 33.8 Å². The fourth-order valence-electron chi connectivity index (χ4n) is 2.45. The van der Waals surface area contributed by atoms with Crippen LogP contribution in [0.4, 0.5) is 0 Å². The third-order valence-corrected chi connectivity index (χ3v) is 4.26. The molecule has 2 aromatic carbocycles. The molecular formula is C15H14Cl2N2O. The summed E-state index contributed by atoms with van der Waals surface area (Å²) in [6.07, 6.45) is 0. The highest BCUT2D eigenvalue weighted by molar-refractivity contribution is 6.42. The van der Waals surface area contributed by atoms with E-state index in [-0.39, 0.29) is 6.04 Å². The summed E-state index contributed by atoms with van der Waals surface area (Å²) in [7, 11) is 0. The van der Waals surface area contributed by atoms with Crippen molar-refractivity contribution in [1.29, 1.82) is 0 Å². The predicted octanol–water partition coefficient (Wildman–Crippen LogP) is 3.58. The van der Waals surface area contributed by atoms with Crippen LogP contribution in [0, 0.1) is 0 Å². The first-order chi connectivity index (χ1) is 9.69. The van der Waals surface area contributed by atoms with Gasteiger partial charge in [0.25, 0.3) is 0 Å². The van der Waals surface area contributed by atoms with Gasteiger partial charge in [0.1, 0.15) is 0 Å². The molecule has 1 heterocycles. The van der Waals surface area contributed by atoms with Crippen LogP contribution in [0.25, 0.3) is 0 Å². The number of hydrogen-bond donors (Lipinski definition) is 2. The predicted molar refractivity (Wildman–Crippen MR) is 80.6 cm³/mol. The van der Waals surface area contributed by atoms with Gasteiger partial charge in [-0.3, -0.25) is 5.84 Å². The lowest BCUT2D eigenvalue weighted by molar-refractivity contribution is 0.134. The summed E-state index contributed by atoms with van der Waals surface area (Å²) >= 11 is 12.0. The van der Waals surface area contributed by atoms with Crippen molar-refractivity contribution in [2.24, 2.45) is 5.84 Å². The van der Waals surface area contributed by atoms with E-state index in [1.54, 1.807) is 6.07 Å². The Morgan fingerprint density at radius 2 is 1.65 bits per heavy atom. The van der Waals surface area contributed by atoms with Crippen molar-refractivity contribution >= 4 is 23.2 Å². The summed E-state index contributed by atoms with van der Waals surface area (Å²) in [5.41, 5.74) is 7.33. The number of hydrogen-bond acceptors (Lipinski definition) is 3. The number of rotatable bonds is 3. The lowest BCUT2D eigenvalue weighted by Crippen LogP contribution is -2.28. The molecule has 0 fully saturated rings. The van der Waals surface area contributed by atoms with E-state index in [1.165, 1.54) is 11.1 Å². The van der Waals surface area contributed by atoms with Crippen molar-refractivity contribution in [2.75, 3.05) is 0 Å². The molecule has 1 aliphatic heterocycles. The molecule has 3 nitrogen and oxygen atoms in total. The topological polar surface area (TPSA) is 47.3 Å². The summed E-state index contributed by atoms with van der Waals surface area (Å²) < 4.78 is 5.43. The van der Waals surface area contributed by atoms with Crippen molar-refractivity contribution in [3.63, 3.8) is 0 Å². The molecule has 1 unspecified atom stereocenters. The van der Waals surface area contributed by atoms with E-state index in [0.717, 1.165) is 11.1 Å². The largest absolute Gasteiger partial charge is 0.372 e. The van der Waals surface area contributed by atoms with Gasteiger partial charge in [-0.25, -0.2) is 5.43 Å². The SMILES string of the molecule is NNC(c1ccc(Cl)c(Cl)c1)c1ccc2c(c1)COC2. The number of hydrazine groups is 1. The second kappa shape index (κ2) is 5.72. The first kappa shape index (κ1) is 13.9. The Balaban J connectivity index is 1.98. The molecule has 0 aromatic heterocycles. The molecule has 0 saturated carbocycles. The smallest absolute Gasteiger partial charge is 0.0725 e. The van der Waals surface area contributed by atoms with Gasteiger partial charge in [-0.05, 0) is 34.4 Å². The molecule has 1 atom stereocenters. The Hall–Kier alpha value is -1.10. The zero-order valence-corrected chi connectivity index (χ0v) is 12.2. The summed E-state index contributed by atoms with van der Waals surface area (Å²) in [4.78, 5) is 0. The highest BCUT2D eigenvalue weighted by atomic mass is 35.5. The molecule has 0 aliphatic carbocycles. The minimum Gasteiger partial charge on any atom is -0.372 e. The highest BCUT2D eigenvalue weighted by Crippen LogP contribution is 2.30. The maximum Gasteiger partial charge on any atom is 0.0725 e. The number of halogens is 2. The van der Waals surface area contributed by atoms with E-state index >= 15 is 0 Å². The molecule has 0 bridgehead atoms. The first-order valence-corrected chi connectivity index (χ1v) is 7.05. The third-order valence-electron chi connectivity index (χ3n) is 3.52. The average molecular weight is 309 g/mol. The maximum atomic E-state index is 6.08. The minimum atomic E-state index is -0.129. The van der Waals surface area contributed by atoms with Crippen LogP contribution in [0.3, 0.4) is 0 Å². The molecule has 3 rings (SSSR count). The molecule has 1 aliphatic rings.